The molecule has 0 spiro atoms. The van der Waals surface area contributed by atoms with E-state index in [0.717, 1.165) is 16.8 Å². The lowest BCUT2D eigenvalue weighted by atomic mass is 10.0. The molecule has 0 unspecified atom stereocenters. The second kappa shape index (κ2) is 5.96. The molecule has 0 bridgehead atoms. The first kappa shape index (κ1) is 14.4. The maximum Gasteiger partial charge on any atom is 0.147 e. The molecule has 4 nitrogen and oxygen atoms in total. The zero-order chi connectivity index (χ0) is 14.7. The van der Waals surface area contributed by atoms with Gasteiger partial charge in [-0.15, -0.1) is 0 Å². The van der Waals surface area contributed by atoms with Crippen LogP contribution in [0.4, 0.5) is 10.2 Å². The Morgan fingerprint density at radius 2 is 2.05 bits per heavy atom. The average Bonchev–Trinajstić information content (AvgIpc) is 2.37. The van der Waals surface area contributed by atoms with Crippen LogP contribution in [0, 0.1) is 12.7 Å². The molecule has 0 saturated carbocycles. The Labute approximate surface area is 118 Å². The normalized spacial score (nSPS) is 10.9. The fourth-order valence-electron chi connectivity index (χ4n) is 2.35. The molecule has 0 aliphatic rings. The highest BCUT2D eigenvalue weighted by molar-refractivity contribution is 5.47. The van der Waals surface area contributed by atoms with E-state index in [9.17, 15) is 4.39 Å². The topological polar surface area (TPSA) is 63.8 Å². The first-order chi connectivity index (χ1) is 9.51. The lowest BCUT2D eigenvalue weighted by molar-refractivity contribution is 0.625. The Morgan fingerprint density at radius 1 is 1.30 bits per heavy atom. The molecule has 1 heterocycles. The summed E-state index contributed by atoms with van der Waals surface area (Å²) >= 11 is 0. The summed E-state index contributed by atoms with van der Waals surface area (Å²) in [6.45, 7) is 6.07. The van der Waals surface area contributed by atoms with Crippen LogP contribution in [0.1, 0.15) is 42.4 Å². The van der Waals surface area contributed by atoms with Crippen LogP contribution in [-0.4, -0.2) is 9.97 Å². The second-order valence-electron chi connectivity index (χ2n) is 5.09. The monoisotopic (exact) mass is 274 g/mol. The van der Waals surface area contributed by atoms with Crippen LogP contribution < -0.4 is 11.3 Å². The number of hydrogen-bond donors (Lipinski definition) is 2. The number of hydrogen-bond acceptors (Lipinski definition) is 4. The van der Waals surface area contributed by atoms with E-state index in [4.69, 9.17) is 5.84 Å². The molecule has 20 heavy (non-hydrogen) atoms. The SMILES string of the molecule is Cc1nc(Cc2cccc(F)c2)nc(NN)c1C(C)C. The van der Waals surface area contributed by atoms with E-state index in [1.54, 1.807) is 6.07 Å². The van der Waals surface area contributed by atoms with E-state index in [0.29, 0.717) is 18.1 Å². The molecule has 5 heteroatoms. The van der Waals surface area contributed by atoms with Crippen LogP contribution in [0.25, 0.3) is 0 Å². The van der Waals surface area contributed by atoms with Crippen LogP contribution in [-0.2, 0) is 6.42 Å². The average molecular weight is 274 g/mol. The van der Waals surface area contributed by atoms with Crippen LogP contribution in [0.3, 0.4) is 0 Å². The number of aryl methyl sites for hydroxylation is 1. The van der Waals surface area contributed by atoms with Gasteiger partial charge >= 0.3 is 0 Å². The minimum absolute atomic E-state index is 0.254. The number of benzene rings is 1. The Morgan fingerprint density at radius 3 is 2.65 bits per heavy atom. The molecule has 0 fully saturated rings. The molecule has 2 rings (SSSR count). The van der Waals surface area contributed by atoms with E-state index < -0.39 is 0 Å². The number of anilines is 1. The van der Waals surface area contributed by atoms with Gasteiger partial charge in [0.1, 0.15) is 17.5 Å². The molecule has 2 aromatic rings. The van der Waals surface area contributed by atoms with Crippen molar-refractivity contribution in [1.82, 2.24) is 9.97 Å². The van der Waals surface area contributed by atoms with Crippen molar-refractivity contribution in [3.63, 3.8) is 0 Å². The highest BCUT2D eigenvalue weighted by atomic mass is 19.1. The van der Waals surface area contributed by atoms with Crippen molar-refractivity contribution in [2.24, 2.45) is 5.84 Å². The van der Waals surface area contributed by atoms with Crippen molar-refractivity contribution >= 4 is 5.82 Å². The maximum absolute atomic E-state index is 13.2. The van der Waals surface area contributed by atoms with Crippen LogP contribution in [0.15, 0.2) is 24.3 Å². The summed E-state index contributed by atoms with van der Waals surface area (Å²) in [4.78, 5) is 8.93. The summed E-state index contributed by atoms with van der Waals surface area (Å²) in [7, 11) is 0. The number of nitrogens with one attached hydrogen (secondary N) is 1. The largest absolute Gasteiger partial charge is 0.308 e. The minimum atomic E-state index is -0.254. The number of hydrazine groups is 1. The van der Waals surface area contributed by atoms with Crippen molar-refractivity contribution in [3.05, 3.63) is 52.7 Å². The van der Waals surface area contributed by atoms with Crippen LogP contribution in [0.5, 0.6) is 0 Å². The Hall–Kier alpha value is -2.01. The number of nitrogens with zero attached hydrogens (tertiary/aromatic N) is 2. The van der Waals surface area contributed by atoms with Gasteiger partial charge in [-0.2, -0.15) is 0 Å². The van der Waals surface area contributed by atoms with Crippen LogP contribution >= 0.6 is 0 Å². The van der Waals surface area contributed by atoms with Gasteiger partial charge in [0, 0.05) is 17.7 Å². The highest BCUT2D eigenvalue weighted by Gasteiger charge is 2.14. The fourth-order valence-corrected chi connectivity index (χ4v) is 2.35. The molecule has 0 aliphatic heterocycles. The molecule has 3 N–H and O–H groups in total. The third-order valence-electron chi connectivity index (χ3n) is 3.15. The number of nitrogen functional groups attached to an aromatic ring is 1. The van der Waals surface area contributed by atoms with Crippen LogP contribution in [0.2, 0.25) is 0 Å². The summed E-state index contributed by atoms with van der Waals surface area (Å²) in [5, 5.41) is 0. The molecule has 0 radical (unpaired) electrons. The van der Waals surface area contributed by atoms with Gasteiger partial charge in [-0.3, -0.25) is 0 Å². The molecule has 1 aromatic carbocycles. The van der Waals surface area contributed by atoms with Crippen molar-refractivity contribution < 1.29 is 4.39 Å². The zero-order valence-electron chi connectivity index (χ0n) is 11.9. The zero-order valence-corrected chi connectivity index (χ0v) is 11.9. The smallest absolute Gasteiger partial charge is 0.147 e. The molecule has 0 amide bonds. The third-order valence-corrected chi connectivity index (χ3v) is 3.15. The van der Waals surface area contributed by atoms with Crippen molar-refractivity contribution in [2.45, 2.75) is 33.1 Å². The van der Waals surface area contributed by atoms with E-state index in [-0.39, 0.29) is 11.7 Å². The minimum Gasteiger partial charge on any atom is -0.308 e. The first-order valence-corrected chi connectivity index (χ1v) is 6.59. The molecule has 1 aromatic heterocycles. The van der Waals surface area contributed by atoms with Crippen molar-refractivity contribution in [2.75, 3.05) is 5.43 Å². The van der Waals surface area contributed by atoms with E-state index in [2.05, 4.69) is 29.2 Å². The summed E-state index contributed by atoms with van der Waals surface area (Å²) < 4.78 is 13.2. The lowest BCUT2D eigenvalue weighted by Gasteiger charge is -2.15. The van der Waals surface area contributed by atoms with Gasteiger partial charge < -0.3 is 5.43 Å². The Bertz CT molecular complexity index is 611. The standard InChI is InChI=1S/C15H19FN4/c1-9(2)14-10(3)18-13(19-15(14)20-17)8-11-5-4-6-12(16)7-11/h4-7,9H,8,17H2,1-3H3,(H,18,19,20). The molecule has 0 aliphatic carbocycles. The van der Waals surface area contributed by atoms with Crippen molar-refractivity contribution in [1.29, 1.82) is 0 Å². The quantitative estimate of drug-likeness (QED) is 0.664. The van der Waals surface area contributed by atoms with Gasteiger partial charge in [0.15, 0.2) is 0 Å². The number of nitrogens with two attached hydrogens (primary N) is 1. The number of rotatable bonds is 4. The van der Waals surface area contributed by atoms with Gasteiger partial charge in [-0.1, -0.05) is 26.0 Å². The summed E-state index contributed by atoms with van der Waals surface area (Å²) in [6.07, 6.45) is 0.478. The van der Waals surface area contributed by atoms with E-state index in [1.807, 2.05) is 13.0 Å². The molecular weight excluding hydrogens is 255 g/mol. The van der Waals surface area contributed by atoms with Gasteiger partial charge in [-0.25, -0.2) is 20.2 Å². The Kier molecular flexibility index (Phi) is 4.29. The van der Waals surface area contributed by atoms with Gasteiger partial charge in [0.05, 0.1) is 0 Å². The molecule has 106 valence electrons. The second-order valence-corrected chi connectivity index (χ2v) is 5.09. The van der Waals surface area contributed by atoms with E-state index in [1.165, 1.54) is 12.1 Å². The predicted octanol–water partition coefficient (Wildman–Crippen LogP) is 2.92. The maximum atomic E-state index is 13.2. The summed E-state index contributed by atoms with van der Waals surface area (Å²) in [6, 6.07) is 6.45. The Balaban J connectivity index is 2.36. The van der Waals surface area contributed by atoms with Gasteiger partial charge in [-0.05, 0) is 30.5 Å². The summed E-state index contributed by atoms with van der Waals surface area (Å²) in [5.41, 5.74) is 5.38. The molecular formula is C15H19FN4. The number of halogens is 1. The first-order valence-electron chi connectivity index (χ1n) is 6.59. The predicted molar refractivity (Wildman–Crippen MR) is 77.9 cm³/mol. The fraction of sp³-hybridized carbons (Fsp3) is 0.333. The molecule has 0 saturated heterocycles. The lowest BCUT2D eigenvalue weighted by Crippen LogP contribution is -2.15. The summed E-state index contributed by atoms with van der Waals surface area (Å²) in [5.74, 6) is 6.84. The van der Waals surface area contributed by atoms with E-state index >= 15 is 0 Å². The van der Waals surface area contributed by atoms with Crippen molar-refractivity contribution in [3.8, 4) is 0 Å². The van der Waals surface area contributed by atoms with Gasteiger partial charge in [0.25, 0.3) is 0 Å². The highest BCUT2D eigenvalue weighted by Crippen LogP contribution is 2.25. The third kappa shape index (κ3) is 3.11. The molecule has 0 atom stereocenters. The number of aromatic nitrogens is 2. The van der Waals surface area contributed by atoms with Gasteiger partial charge in [0.2, 0.25) is 0 Å².